The molecule has 8 nitrogen and oxygen atoms in total. The summed E-state index contributed by atoms with van der Waals surface area (Å²) >= 11 is 0. The largest absolute Gasteiger partial charge is 0.497 e. The minimum atomic E-state index is -3.97. The van der Waals surface area contributed by atoms with Crippen molar-refractivity contribution >= 4 is 20.9 Å². The first-order chi connectivity index (χ1) is 17.3. The summed E-state index contributed by atoms with van der Waals surface area (Å²) < 4.78 is 44.8. The summed E-state index contributed by atoms with van der Waals surface area (Å²) in [6, 6.07) is 17.2. The molecule has 0 amide bonds. The molecule has 0 bridgehead atoms. The molecule has 0 aliphatic carbocycles. The zero-order valence-corrected chi connectivity index (χ0v) is 21.0. The number of sulfonamides is 1. The molecule has 0 spiro atoms. The zero-order valence-electron chi connectivity index (χ0n) is 20.2. The molecule has 1 aromatic heterocycles. The van der Waals surface area contributed by atoms with Crippen LogP contribution in [-0.4, -0.2) is 31.6 Å². The van der Waals surface area contributed by atoms with Crippen LogP contribution in [0.4, 0.5) is 0 Å². The van der Waals surface area contributed by atoms with Crippen molar-refractivity contribution in [2.45, 2.75) is 31.8 Å². The molecule has 0 atom stereocenters. The monoisotopic (exact) mass is 506 g/mol. The highest BCUT2D eigenvalue weighted by molar-refractivity contribution is 7.89. The highest BCUT2D eigenvalue weighted by Crippen LogP contribution is 2.33. The van der Waals surface area contributed by atoms with Gasteiger partial charge in [0.1, 0.15) is 5.75 Å². The van der Waals surface area contributed by atoms with E-state index in [1.54, 1.807) is 36.4 Å². The standard InChI is InChI=1S/C27H26N2O6S/c1-17-4-6-20-13-21(27(30)28-26(20)18(17)2)15-29(14-19-5-11-24-25(12-19)35-16-34-24)36(31,32)23-9-7-22(33-3)8-10-23/h4-13H,14-16H2,1-3H3,(H,28,30). The summed E-state index contributed by atoms with van der Waals surface area (Å²) in [4.78, 5) is 16.1. The molecule has 0 fully saturated rings. The van der Waals surface area contributed by atoms with Gasteiger partial charge in [-0.1, -0.05) is 18.2 Å². The van der Waals surface area contributed by atoms with Crippen LogP contribution in [-0.2, 0) is 23.1 Å². The Morgan fingerprint density at radius 3 is 2.44 bits per heavy atom. The lowest BCUT2D eigenvalue weighted by Gasteiger charge is -2.23. The van der Waals surface area contributed by atoms with E-state index in [1.165, 1.54) is 23.5 Å². The summed E-state index contributed by atoms with van der Waals surface area (Å²) in [5.74, 6) is 1.72. The third-order valence-electron chi connectivity index (χ3n) is 6.47. The molecule has 1 aliphatic rings. The van der Waals surface area contributed by atoms with Crippen LogP contribution in [0.2, 0.25) is 0 Å². The van der Waals surface area contributed by atoms with Crippen LogP contribution in [0.3, 0.4) is 0 Å². The number of aromatic amines is 1. The number of H-pyrrole nitrogens is 1. The van der Waals surface area contributed by atoms with Gasteiger partial charge in [-0.05, 0) is 78.4 Å². The van der Waals surface area contributed by atoms with Crippen molar-refractivity contribution in [1.29, 1.82) is 0 Å². The van der Waals surface area contributed by atoms with E-state index in [-0.39, 0.29) is 30.3 Å². The van der Waals surface area contributed by atoms with Crippen LogP contribution < -0.4 is 19.8 Å². The van der Waals surface area contributed by atoms with Gasteiger partial charge in [0.2, 0.25) is 16.8 Å². The van der Waals surface area contributed by atoms with Gasteiger partial charge in [-0.15, -0.1) is 0 Å². The second kappa shape index (κ2) is 9.33. The van der Waals surface area contributed by atoms with Crippen LogP contribution in [0, 0.1) is 13.8 Å². The van der Waals surface area contributed by atoms with E-state index in [9.17, 15) is 13.2 Å². The zero-order chi connectivity index (χ0) is 25.4. The van der Waals surface area contributed by atoms with E-state index >= 15 is 0 Å². The number of hydrogen-bond acceptors (Lipinski definition) is 6. The van der Waals surface area contributed by atoms with Gasteiger partial charge in [0.05, 0.1) is 17.5 Å². The summed E-state index contributed by atoms with van der Waals surface area (Å²) in [7, 11) is -2.45. The third-order valence-corrected chi connectivity index (χ3v) is 8.27. The molecule has 3 aromatic carbocycles. The van der Waals surface area contributed by atoms with Gasteiger partial charge in [0.25, 0.3) is 5.56 Å². The Morgan fingerprint density at radius 1 is 0.944 bits per heavy atom. The molecule has 5 rings (SSSR count). The number of aromatic nitrogens is 1. The average Bonchev–Trinajstić information content (AvgIpc) is 3.35. The van der Waals surface area contributed by atoms with Crippen LogP contribution in [0.1, 0.15) is 22.3 Å². The van der Waals surface area contributed by atoms with Gasteiger partial charge < -0.3 is 19.2 Å². The maximum Gasteiger partial charge on any atom is 0.252 e. The molecule has 1 aliphatic heterocycles. The first-order valence-electron chi connectivity index (χ1n) is 11.4. The van der Waals surface area contributed by atoms with E-state index in [0.29, 0.717) is 28.4 Å². The van der Waals surface area contributed by atoms with E-state index in [0.717, 1.165) is 22.0 Å². The van der Waals surface area contributed by atoms with Crippen molar-refractivity contribution < 1.29 is 22.6 Å². The Morgan fingerprint density at radius 2 is 1.69 bits per heavy atom. The fourth-order valence-corrected chi connectivity index (χ4v) is 5.65. The SMILES string of the molecule is COc1ccc(S(=O)(=O)N(Cc2ccc3c(c2)OCO3)Cc2cc3ccc(C)c(C)c3[nH]c2=O)cc1. The molecule has 9 heteroatoms. The number of benzene rings is 3. The fraction of sp³-hybridized carbons (Fsp3) is 0.222. The molecule has 4 aromatic rings. The Labute approximate surface area is 209 Å². The van der Waals surface area contributed by atoms with Crippen LogP contribution >= 0.6 is 0 Å². The number of hydrogen-bond donors (Lipinski definition) is 1. The Kier molecular flexibility index (Phi) is 6.19. The minimum absolute atomic E-state index is 0.0371. The lowest BCUT2D eigenvalue weighted by molar-refractivity contribution is 0.174. The highest BCUT2D eigenvalue weighted by atomic mass is 32.2. The Bertz CT molecular complexity index is 1610. The second-order valence-corrected chi connectivity index (χ2v) is 10.7. The van der Waals surface area contributed by atoms with Crippen molar-refractivity contribution in [3.05, 3.63) is 93.3 Å². The number of aryl methyl sites for hydroxylation is 2. The maximum atomic E-state index is 13.8. The summed E-state index contributed by atoms with van der Waals surface area (Å²) in [6.45, 7) is 3.98. The van der Waals surface area contributed by atoms with E-state index < -0.39 is 10.0 Å². The number of methoxy groups -OCH3 is 1. The molecule has 36 heavy (non-hydrogen) atoms. The van der Waals surface area contributed by atoms with Crippen LogP contribution in [0.25, 0.3) is 10.9 Å². The minimum Gasteiger partial charge on any atom is -0.497 e. The molecule has 0 saturated heterocycles. The smallest absolute Gasteiger partial charge is 0.252 e. The molecule has 0 unspecified atom stereocenters. The number of rotatable bonds is 7. The first-order valence-corrected chi connectivity index (χ1v) is 12.8. The number of pyridine rings is 1. The topological polar surface area (TPSA) is 97.9 Å². The van der Waals surface area contributed by atoms with Crippen molar-refractivity contribution in [1.82, 2.24) is 9.29 Å². The van der Waals surface area contributed by atoms with Crippen molar-refractivity contribution in [3.63, 3.8) is 0 Å². The van der Waals surface area contributed by atoms with Crippen molar-refractivity contribution in [2.75, 3.05) is 13.9 Å². The number of nitrogens with zero attached hydrogens (tertiary/aromatic N) is 1. The summed E-state index contributed by atoms with van der Waals surface area (Å²) in [5.41, 5.74) is 3.54. The van der Waals surface area contributed by atoms with Gasteiger partial charge in [0.15, 0.2) is 11.5 Å². The average molecular weight is 507 g/mol. The molecule has 0 saturated carbocycles. The van der Waals surface area contributed by atoms with Crippen molar-refractivity contribution in [3.8, 4) is 17.2 Å². The van der Waals surface area contributed by atoms with Crippen LogP contribution in [0.15, 0.2) is 70.4 Å². The molecule has 2 heterocycles. The second-order valence-electron chi connectivity index (χ2n) is 8.73. The van der Waals surface area contributed by atoms with Gasteiger partial charge in [-0.3, -0.25) is 4.79 Å². The molecule has 0 radical (unpaired) electrons. The van der Waals surface area contributed by atoms with Crippen LogP contribution in [0.5, 0.6) is 17.2 Å². The predicted molar refractivity (Wildman–Crippen MR) is 136 cm³/mol. The first kappa shape index (κ1) is 23.9. The third kappa shape index (κ3) is 4.43. The highest BCUT2D eigenvalue weighted by Gasteiger charge is 2.27. The predicted octanol–water partition coefficient (Wildman–Crippen LogP) is 4.27. The maximum absolute atomic E-state index is 13.8. The molecular weight excluding hydrogens is 480 g/mol. The Hall–Kier alpha value is -3.82. The summed E-state index contributed by atoms with van der Waals surface area (Å²) in [5, 5.41) is 0.845. The normalized spacial score (nSPS) is 12.9. The fourth-order valence-electron chi connectivity index (χ4n) is 4.24. The lowest BCUT2D eigenvalue weighted by atomic mass is 10.0. The van der Waals surface area contributed by atoms with Crippen molar-refractivity contribution in [2.24, 2.45) is 0 Å². The summed E-state index contributed by atoms with van der Waals surface area (Å²) in [6.07, 6.45) is 0. The van der Waals surface area contributed by atoms with E-state index in [4.69, 9.17) is 14.2 Å². The molecular formula is C27H26N2O6S. The molecule has 1 N–H and O–H groups in total. The van der Waals surface area contributed by atoms with Gasteiger partial charge in [0, 0.05) is 18.7 Å². The van der Waals surface area contributed by atoms with E-state index in [2.05, 4.69) is 4.98 Å². The quantitative estimate of drug-likeness (QED) is 0.402. The number of fused-ring (bicyclic) bond motifs is 2. The van der Waals surface area contributed by atoms with Gasteiger partial charge in [-0.25, -0.2) is 8.42 Å². The van der Waals surface area contributed by atoms with E-state index in [1.807, 2.05) is 26.0 Å². The number of nitrogens with one attached hydrogen (secondary N) is 1. The lowest BCUT2D eigenvalue weighted by Crippen LogP contribution is -2.32. The molecule has 186 valence electrons. The number of ether oxygens (including phenoxy) is 3. The van der Waals surface area contributed by atoms with Gasteiger partial charge >= 0.3 is 0 Å². The Balaban J connectivity index is 1.56. The van der Waals surface area contributed by atoms with Gasteiger partial charge in [-0.2, -0.15) is 4.31 Å².